The molecule has 2 rings (SSSR count). The number of alkyl carbamates (subject to hydrolysis) is 1. The summed E-state index contributed by atoms with van der Waals surface area (Å²) in [5.41, 5.74) is -0.513. The van der Waals surface area contributed by atoms with Crippen LogP contribution in [0.3, 0.4) is 0 Å². The maximum absolute atomic E-state index is 12.1. The highest BCUT2D eigenvalue weighted by Crippen LogP contribution is 2.27. The molecular formula is C15H24ClN3O4. The average Bonchev–Trinajstić information content (AvgIpc) is 2.79. The number of carbonyl (C=O) groups is 3. The number of hydrogen-bond acceptors (Lipinski definition) is 4. The largest absolute Gasteiger partial charge is 0.444 e. The molecule has 2 aliphatic rings. The second-order valence-electron chi connectivity index (χ2n) is 7.03. The van der Waals surface area contributed by atoms with E-state index in [0.717, 1.165) is 30.6 Å². The number of ether oxygens (including phenoxy) is 1. The van der Waals surface area contributed by atoms with Crippen molar-refractivity contribution in [1.29, 1.82) is 0 Å². The first kappa shape index (κ1) is 17.8. The molecule has 1 N–H and O–H groups in total. The third-order valence-electron chi connectivity index (χ3n) is 4.11. The van der Waals surface area contributed by atoms with Gasteiger partial charge in [0.15, 0.2) is 0 Å². The van der Waals surface area contributed by atoms with Crippen LogP contribution < -0.4 is 5.32 Å². The van der Waals surface area contributed by atoms with E-state index in [1.807, 2.05) is 20.8 Å². The zero-order valence-electron chi connectivity index (χ0n) is 13.8. The van der Waals surface area contributed by atoms with Gasteiger partial charge in [-0.3, -0.25) is 4.79 Å². The molecule has 0 aromatic carbocycles. The van der Waals surface area contributed by atoms with Gasteiger partial charge in [-0.15, -0.1) is 0 Å². The zero-order chi connectivity index (χ0) is 17.2. The third kappa shape index (κ3) is 4.73. The van der Waals surface area contributed by atoms with Crippen molar-refractivity contribution >= 4 is 29.1 Å². The van der Waals surface area contributed by atoms with Crippen molar-refractivity contribution in [3.8, 4) is 0 Å². The molecule has 7 nitrogen and oxygen atoms in total. The molecule has 1 aliphatic carbocycles. The molecule has 1 heterocycles. The van der Waals surface area contributed by atoms with Crippen LogP contribution in [-0.2, 0) is 4.74 Å². The molecule has 0 radical (unpaired) electrons. The maximum Gasteiger partial charge on any atom is 0.407 e. The Hall–Kier alpha value is -1.50. The number of nitrogens with zero attached hydrogens (tertiary/aromatic N) is 2. The summed E-state index contributed by atoms with van der Waals surface area (Å²) in [6.07, 6.45) is 2.73. The number of rotatable bonds is 2. The lowest BCUT2D eigenvalue weighted by atomic mass is 9.90. The smallest absolute Gasteiger partial charge is 0.407 e. The maximum atomic E-state index is 12.1. The molecule has 23 heavy (non-hydrogen) atoms. The van der Waals surface area contributed by atoms with Crippen LogP contribution in [0.25, 0.3) is 0 Å². The van der Waals surface area contributed by atoms with E-state index in [0.29, 0.717) is 13.1 Å². The number of halogens is 1. The minimum atomic E-state index is -0.724. The summed E-state index contributed by atoms with van der Waals surface area (Å²) >= 11 is 5.39. The van der Waals surface area contributed by atoms with E-state index in [1.54, 1.807) is 4.90 Å². The van der Waals surface area contributed by atoms with Crippen LogP contribution in [0.2, 0.25) is 0 Å². The molecule has 1 aliphatic heterocycles. The summed E-state index contributed by atoms with van der Waals surface area (Å²) in [4.78, 5) is 37.8. The van der Waals surface area contributed by atoms with E-state index in [2.05, 4.69) is 5.32 Å². The van der Waals surface area contributed by atoms with Crippen LogP contribution in [0.1, 0.15) is 46.5 Å². The highest BCUT2D eigenvalue weighted by atomic mass is 35.5. The van der Waals surface area contributed by atoms with Crippen molar-refractivity contribution in [2.75, 3.05) is 13.1 Å². The first-order chi connectivity index (χ1) is 10.7. The highest BCUT2D eigenvalue weighted by molar-refractivity contribution is 6.64. The van der Waals surface area contributed by atoms with Crippen LogP contribution in [0.4, 0.5) is 14.4 Å². The van der Waals surface area contributed by atoms with Crippen LogP contribution in [0, 0.1) is 0 Å². The summed E-state index contributed by atoms with van der Waals surface area (Å²) in [5, 5.41) is 2.15. The summed E-state index contributed by atoms with van der Waals surface area (Å²) < 4.78 is 5.25. The van der Waals surface area contributed by atoms with Gasteiger partial charge in [0.25, 0.3) is 0 Å². The fourth-order valence-electron chi connectivity index (χ4n) is 3.06. The van der Waals surface area contributed by atoms with Crippen LogP contribution in [0.15, 0.2) is 0 Å². The lowest BCUT2D eigenvalue weighted by Crippen LogP contribution is -2.46. The predicted molar refractivity (Wildman–Crippen MR) is 85.5 cm³/mol. The zero-order valence-corrected chi connectivity index (χ0v) is 14.6. The van der Waals surface area contributed by atoms with E-state index < -0.39 is 17.1 Å². The fraction of sp³-hybridized carbons (Fsp3) is 0.800. The molecular weight excluding hydrogens is 322 g/mol. The number of urea groups is 1. The molecule has 0 atom stereocenters. The van der Waals surface area contributed by atoms with Gasteiger partial charge in [-0.25, -0.2) is 14.5 Å². The summed E-state index contributed by atoms with van der Waals surface area (Å²) in [5.74, 6) is 0. The van der Waals surface area contributed by atoms with E-state index in [9.17, 15) is 14.4 Å². The average molecular weight is 346 g/mol. The van der Waals surface area contributed by atoms with E-state index in [1.165, 1.54) is 0 Å². The van der Waals surface area contributed by atoms with E-state index in [4.69, 9.17) is 16.3 Å². The van der Waals surface area contributed by atoms with Crippen molar-refractivity contribution in [2.24, 2.45) is 0 Å². The van der Waals surface area contributed by atoms with Crippen molar-refractivity contribution < 1.29 is 19.1 Å². The molecule has 130 valence electrons. The van der Waals surface area contributed by atoms with Crippen molar-refractivity contribution in [2.45, 2.75) is 64.1 Å². The third-order valence-corrected chi connectivity index (χ3v) is 4.32. The molecule has 4 amide bonds. The minimum Gasteiger partial charge on any atom is -0.444 e. The SMILES string of the molecule is CC(C)(C)OC(=O)NC1CCC(N2CCN(C(=O)Cl)C2=O)CC1. The van der Waals surface area contributed by atoms with Gasteiger partial charge in [0, 0.05) is 25.2 Å². The Labute approximate surface area is 141 Å². The second-order valence-corrected chi connectivity index (χ2v) is 7.36. The monoisotopic (exact) mass is 345 g/mol. The lowest BCUT2D eigenvalue weighted by molar-refractivity contribution is 0.0482. The predicted octanol–water partition coefficient (Wildman–Crippen LogP) is 2.92. The second kappa shape index (κ2) is 6.95. The fourth-order valence-corrected chi connectivity index (χ4v) is 3.22. The highest BCUT2D eigenvalue weighted by Gasteiger charge is 2.38. The summed E-state index contributed by atoms with van der Waals surface area (Å²) in [6, 6.07) is -0.154. The Balaban J connectivity index is 1.79. The number of hydrogen-bond donors (Lipinski definition) is 1. The Morgan fingerprint density at radius 1 is 1.17 bits per heavy atom. The van der Waals surface area contributed by atoms with E-state index in [-0.39, 0.29) is 18.1 Å². The van der Waals surface area contributed by atoms with Gasteiger partial charge < -0.3 is 15.0 Å². The van der Waals surface area contributed by atoms with Gasteiger partial charge >= 0.3 is 17.5 Å². The number of nitrogens with one attached hydrogen (secondary N) is 1. The first-order valence-electron chi connectivity index (χ1n) is 7.94. The van der Waals surface area contributed by atoms with Crippen molar-refractivity contribution in [3.63, 3.8) is 0 Å². The molecule has 0 aromatic heterocycles. The molecule has 1 saturated heterocycles. The Kier molecular flexibility index (Phi) is 5.39. The molecule has 8 heteroatoms. The standard InChI is InChI=1S/C15H24ClN3O4/c1-15(2,3)23-13(21)17-10-4-6-11(7-5-10)18-8-9-19(12(16)20)14(18)22/h10-11H,4-9H2,1-3H3,(H,17,21). The molecule has 0 spiro atoms. The Bertz CT molecular complexity index is 484. The van der Waals surface area contributed by atoms with Crippen LogP contribution >= 0.6 is 11.6 Å². The van der Waals surface area contributed by atoms with Gasteiger partial charge in [0.1, 0.15) is 5.60 Å². The molecule has 0 bridgehead atoms. The summed E-state index contributed by atoms with van der Waals surface area (Å²) in [7, 11) is 0. The van der Waals surface area contributed by atoms with Gasteiger partial charge in [0.05, 0.1) is 0 Å². The van der Waals surface area contributed by atoms with Gasteiger partial charge in [-0.2, -0.15) is 0 Å². The number of amides is 4. The quantitative estimate of drug-likeness (QED) is 0.616. The first-order valence-corrected chi connectivity index (χ1v) is 8.32. The molecule has 0 aromatic rings. The van der Waals surface area contributed by atoms with Gasteiger partial charge in [0.2, 0.25) is 0 Å². The Morgan fingerprint density at radius 2 is 1.78 bits per heavy atom. The van der Waals surface area contributed by atoms with E-state index >= 15 is 0 Å². The Morgan fingerprint density at radius 3 is 2.26 bits per heavy atom. The minimum absolute atomic E-state index is 0.0598. The molecule has 0 unspecified atom stereocenters. The topological polar surface area (TPSA) is 79.0 Å². The van der Waals surface area contributed by atoms with Crippen LogP contribution in [-0.4, -0.2) is 58.1 Å². The molecule has 1 saturated carbocycles. The van der Waals surface area contributed by atoms with Gasteiger partial charge in [-0.05, 0) is 58.1 Å². The number of carbonyl (C=O) groups excluding carboxylic acids is 3. The van der Waals surface area contributed by atoms with Crippen molar-refractivity contribution in [1.82, 2.24) is 15.1 Å². The number of imide groups is 1. The van der Waals surface area contributed by atoms with Crippen LogP contribution in [0.5, 0.6) is 0 Å². The van der Waals surface area contributed by atoms with Crippen molar-refractivity contribution in [3.05, 3.63) is 0 Å². The molecule has 2 fully saturated rings. The summed E-state index contributed by atoms with van der Waals surface area (Å²) in [6.45, 7) is 6.34. The van der Waals surface area contributed by atoms with Gasteiger partial charge in [-0.1, -0.05) is 0 Å². The lowest BCUT2D eigenvalue weighted by Gasteiger charge is -2.34. The normalized spacial score (nSPS) is 25.5.